The smallest absolute Gasteiger partial charge is 0.261 e. The maximum Gasteiger partial charge on any atom is 0.261 e. The fourth-order valence-corrected chi connectivity index (χ4v) is 4.81. The second-order valence-electron chi connectivity index (χ2n) is 7.05. The van der Waals surface area contributed by atoms with Gasteiger partial charge in [-0.15, -0.1) is 11.3 Å². The molecule has 126 valence electrons. The molecule has 0 aliphatic carbocycles. The van der Waals surface area contributed by atoms with Crippen LogP contribution in [0.4, 0.5) is 5.13 Å². The van der Waals surface area contributed by atoms with E-state index in [9.17, 15) is 9.90 Å². The maximum atomic E-state index is 12.4. The van der Waals surface area contributed by atoms with Crippen LogP contribution in [-0.2, 0) is 0 Å². The number of aliphatic hydroxyl groups excluding tert-OH is 1. The van der Waals surface area contributed by atoms with Gasteiger partial charge in [-0.05, 0) is 24.3 Å². The molecular weight excluding hydrogens is 330 g/mol. The van der Waals surface area contributed by atoms with E-state index in [1.54, 1.807) is 11.3 Å². The number of nitrogens with zero attached hydrogens (tertiary/aromatic N) is 2. The number of rotatable bonds is 4. The summed E-state index contributed by atoms with van der Waals surface area (Å²) in [6.07, 6.45) is 2.46. The molecule has 1 amide bonds. The van der Waals surface area contributed by atoms with Crippen LogP contribution in [0.2, 0.25) is 0 Å². The average Bonchev–Trinajstić information content (AvgIpc) is 3.16. The van der Waals surface area contributed by atoms with Crippen molar-refractivity contribution in [1.29, 1.82) is 0 Å². The normalized spacial score (nSPS) is 17.0. The molecule has 2 aromatic rings. The summed E-state index contributed by atoms with van der Waals surface area (Å²) in [6.45, 7) is 8.11. The molecule has 7 heteroatoms. The van der Waals surface area contributed by atoms with Gasteiger partial charge in [-0.1, -0.05) is 32.1 Å². The first-order valence-electron chi connectivity index (χ1n) is 7.95. The highest BCUT2D eigenvalue weighted by Crippen LogP contribution is 2.36. The van der Waals surface area contributed by atoms with Gasteiger partial charge in [0.25, 0.3) is 5.91 Å². The molecule has 0 aromatic carbocycles. The predicted molar refractivity (Wildman–Crippen MR) is 96.7 cm³/mol. The molecule has 0 bridgehead atoms. The van der Waals surface area contributed by atoms with Crippen molar-refractivity contribution in [3.8, 4) is 0 Å². The van der Waals surface area contributed by atoms with E-state index in [2.05, 4.69) is 15.2 Å². The molecule has 0 saturated carbocycles. The van der Waals surface area contributed by atoms with Crippen LogP contribution >= 0.6 is 22.7 Å². The Labute approximate surface area is 144 Å². The van der Waals surface area contributed by atoms with E-state index in [0.717, 1.165) is 27.8 Å². The van der Waals surface area contributed by atoms with E-state index >= 15 is 0 Å². The van der Waals surface area contributed by atoms with Gasteiger partial charge in [0.2, 0.25) is 0 Å². The molecule has 23 heavy (non-hydrogen) atoms. The lowest BCUT2D eigenvalue weighted by molar-refractivity contribution is 0.0852. The van der Waals surface area contributed by atoms with Crippen molar-refractivity contribution in [3.63, 3.8) is 0 Å². The van der Waals surface area contributed by atoms with Gasteiger partial charge in [-0.25, -0.2) is 4.98 Å². The van der Waals surface area contributed by atoms with Crippen LogP contribution in [0.25, 0.3) is 9.53 Å². The third-order valence-corrected chi connectivity index (χ3v) is 6.43. The van der Waals surface area contributed by atoms with Crippen LogP contribution in [0.5, 0.6) is 0 Å². The number of hydrogen-bond donors (Lipinski definition) is 2. The fraction of sp³-hybridized carbons (Fsp3) is 0.625. The van der Waals surface area contributed by atoms with Gasteiger partial charge >= 0.3 is 0 Å². The molecule has 1 fully saturated rings. The molecule has 2 aromatic heterocycles. The Morgan fingerprint density at radius 3 is 2.65 bits per heavy atom. The minimum absolute atomic E-state index is 0.0632. The van der Waals surface area contributed by atoms with Crippen molar-refractivity contribution in [1.82, 2.24) is 10.3 Å². The largest absolute Gasteiger partial charge is 0.394 e. The van der Waals surface area contributed by atoms with Crippen molar-refractivity contribution in [2.24, 2.45) is 5.41 Å². The van der Waals surface area contributed by atoms with Crippen molar-refractivity contribution < 1.29 is 9.90 Å². The zero-order valence-electron chi connectivity index (χ0n) is 13.8. The number of thiophene rings is 1. The Morgan fingerprint density at radius 1 is 1.39 bits per heavy atom. The molecule has 0 spiro atoms. The number of fused-ring (bicyclic) bond motifs is 1. The van der Waals surface area contributed by atoms with Gasteiger partial charge in [-0.3, -0.25) is 4.79 Å². The van der Waals surface area contributed by atoms with Crippen LogP contribution in [0, 0.1) is 5.41 Å². The minimum Gasteiger partial charge on any atom is -0.394 e. The maximum absolute atomic E-state index is 12.4. The number of amides is 1. The van der Waals surface area contributed by atoms with E-state index in [1.807, 2.05) is 26.8 Å². The Hall–Kier alpha value is -1.18. The molecule has 3 rings (SSSR count). The number of anilines is 1. The molecule has 5 nitrogen and oxygen atoms in total. The van der Waals surface area contributed by atoms with E-state index in [4.69, 9.17) is 0 Å². The molecule has 3 heterocycles. The molecular formula is C16H23N3O2S2. The molecule has 1 aliphatic heterocycles. The van der Waals surface area contributed by atoms with Crippen LogP contribution < -0.4 is 10.2 Å². The minimum atomic E-state index is -0.261. The summed E-state index contributed by atoms with van der Waals surface area (Å²) in [5, 5.41) is 13.5. The Balaban J connectivity index is 1.75. The molecule has 1 saturated heterocycles. The Kier molecular flexibility index (Phi) is 4.62. The second kappa shape index (κ2) is 6.37. The molecule has 0 radical (unpaired) electrons. The highest BCUT2D eigenvalue weighted by molar-refractivity contribution is 7.29. The van der Waals surface area contributed by atoms with Gasteiger partial charge in [0.15, 0.2) is 5.13 Å². The number of hydrogen-bond acceptors (Lipinski definition) is 6. The van der Waals surface area contributed by atoms with Crippen LogP contribution in [0.3, 0.4) is 0 Å². The zero-order valence-corrected chi connectivity index (χ0v) is 15.4. The number of carbonyl (C=O) groups is 1. The number of thiazole rings is 1. The molecule has 1 atom stereocenters. The number of aromatic nitrogens is 1. The van der Waals surface area contributed by atoms with Gasteiger partial charge in [0.05, 0.1) is 22.2 Å². The van der Waals surface area contributed by atoms with E-state index < -0.39 is 0 Å². The lowest BCUT2D eigenvalue weighted by Crippen LogP contribution is -2.45. The summed E-state index contributed by atoms with van der Waals surface area (Å²) in [4.78, 5) is 21.0. The third-order valence-electron chi connectivity index (χ3n) is 4.21. The standard InChI is InChI=1S/C16H23N3O2S2/c1-16(2,3)12(9-20)17-13(21)10-8-11-14(22-10)18-15(23-11)19-6-4-5-7-19/h8,12,20H,4-7,9H2,1-3H3,(H,17,21)/t12-/m1/s1. The van der Waals surface area contributed by atoms with Gasteiger partial charge in [0.1, 0.15) is 4.83 Å². The van der Waals surface area contributed by atoms with Crippen LogP contribution in [0.15, 0.2) is 6.07 Å². The topological polar surface area (TPSA) is 65.5 Å². The summed E-state index contributed by atoms with van der Waals surface area (Å²) in [5.74, 6) is -0.128. The van der Waals surface area contributed by atoms with Crippen molar-refractivity contribution in [2.45, 2.75) is 39.7 Å². The number of aliphatic hydroxyl groups is 1. The van der Waals surface area contributed by atoms with Crippen LogP contribution in [-0.4, -0.2) is 41.7 Å². The highest BCUT2D eigenvalue weighted by Gasteiger charge is 2.27. The molecule has 0 unspecified atom stereocenters. The summed E-state index contributed by atoms with van der Waals surface area (Å²) < 4.78 is 1.07. The number of nitrogens with one attached hydrogen (secondary N) is 1. The molecule has 2 N–H and O–H groups in total. The van der Waals surface area contributed by atoms with E-state index in [0.29, 0.717) is 4.88 Å². The Bertz CT molecular complexity index is 664. The lowest BCUT2D eigenvalue weighted by atomic mass is 9.87. The van der Waals surface area contributed by atoms with Crippen LogP contribution in [0.1, 0.15) is 43.3 Å². The fourth-order valence-electron chi connectivity index (χ4n) is 2.64. The quantitative estimate of drug-likeness (QED) is 0.886. The number of carbonyl (C=O) groups excluding carboxylic acids is 1. The first-order chi connectivity index (χ1) is 10.9. The first kappa shape index (κ1) is 16.7. The molecule has 1 aliphatic rings. The van der Waals surface area contributed by atoms with Crippen molar-refractivity contribution >= 4 is 43.2 Å². The monoisotopic (exact) mass is 353 g/mol. The summed E-state index contributed by atoms with van der Waals surface area (Å²) in [7, 11) is 0. The van der Waals surface area contributed by atoms with Gasteiger partial charge < -0.3 is 15.3 Å². The van der Waals surface area contributed by atoms with Gasteiger partial charge in [-0.2, -0.15) is 0 Å². The van der Waals surface area contributed by atoms with Crippen molar-refractivity contribution in [3.05, 3.63) is 10.9 Å². The van der Waals surface area contributed by atoms with E-state index in [1.165, 1.54) is 24.2 Å². The second-order valence-corrected chi connectivity index (χ2v) is 9.09. The van der Waals surface area contributed by atoms with Gasteiger partial charge in [0, 0.05) is 13.1 Å². The highest BCUT2D eigenvalue weighted by atomic mass is 32.1. The predicted octanol–water partition coefficient (Wildman–Crippen LogP) is 3.09. The summed E-state index contributed by atoms with van der Waals surface area (Å²) >= 11 is 3.09. The third kappa shape index (κ3) is 3.51. The van der Waals surface area contributed by atoms with Crippen molar-refractivity contribution in [2.75, 3.05) is 24.6 Å². The zero-order chi connectivity index (χ0) is 16.6. The first-order valence-corrected chi connectivity index (χ1v) is 9.59. The summed E-state index contributed by atoms with van der Waals surface area (Å²) in [6, 6.07) is 1.66. The summed E-state index contributed by atoms with van der Waals surface area (Å²) in [5.41, 5.74) is -0.180. The average molecular weight is 354 g/mol. The Morgan fingerprint density at radius 2 is 2.09 bits per heavy atom. The SMILES string of the molecule is CC(C)(C)[C@@H](CO)NC(=O)c1cc2sc(N3CCCC3)nc2s1. The lowest BCUT2D eigenvalue weighted by Gasteiger charge is -2.29. The van der Waals surface area contributed by atoms with E-state index in [-0.39, 0.29) is 24.0 Å².